The van der Waals surface area contributed by atoms with Crippen molar-refractivity contribution in [1.29, 1.82) is 0 Å². The smallest absolute Gasteiger partial charge is 0.0897 e. The van der Waals surface area contributed by atoms with Crippen LogP contribution in [-0.2, 0) is 24.5 Å². The Morgan fingerprint density at radius 2 is 1.90 bits per heavy atom. The highest BCUT2D eigenvalue weighted by atomic mass is 32.1. The highest BCUT2D eigenvalue weighted by Crippen LogP contribution is 2.09. The van der Waals surface area contributed by atoms with Crippen LogP contribution in [0.2, 0.25) is 0 Å². The summed E-state index contributed by atoms with van der Waals surface area (Å²) in [7, 11) is 0. The molecule has 2 aromatic rings. The number of aliphatic hydroxyl groups excluding tert-OH is 2. The third kappa shape index (κ3) is 5.95. The molecule has 0 saturated heterocycles. The van der Waals surface area contributed by atoms with Gasteiger partial charge in [-0.1, -0.05) is 30.3 Å². The lowest BCUT2D eigenvalue weighted by molar-refractivity contribution is 0.0297. The van der Waals surface area contributed by atoms with E-state index < -0.39 is 6.10 Å². The van der Waals surface area contributed by atoms with Crippen molar-refractivity contribution < 1.29 is 14.9 Å². The van der Waals surface area contributed by atoms with Gasteiger partial charge in [-0.05, 0) is 22.6 Å². The molecule has 2 rings (SSSR count). The summed E-state index contributed by atoms with van der Waals surface area (Å²) in [5.74, 6) is 0. The standard InChI is InChI=1S/C16H21NO3S/c18-10-14-5-3-13(4-6-14)8-17-9-15(19)11-20-12-16-2-1-7-21-16/h1-7,15,17-19H,8-12H2. The van der Waals surface area contributed by atoms with Gasteiger partial charge in [0.25, 0.3) is 0 Å². The molecule has 1 heterocycles. The van der Waals surface area contributed by atoms with Crippen LogP contribution in [0, 0.1) is 0 Å². The number of thiophene rings is 1. The average Bonchev–Trinajstić information content (AvgIpc) is 3.01. The van der Waals surface area contributed by atoms with Gasteiger partial charge < -0.3 is 20.3 Å². The summed E-state index contributed by atoms with van der Waals surface area (Å²) >= 11 is 1.65. The first-order valence-electron chi connectivity index (χ1n) is 6.95. The van der Waals surface area contributed by atoms with Gasteiger partial charge in [0.05, 0.1) is 25.9 Å². The van der Waals surface area contributed by atoms with E-state index in [1.54, 1.807) is 11.3 Å². The zero-order valence-corrected chi connectivity index (χ0v) is 12.7. The lowest BCUT2D eigenvalue weighted by atomic mass is 10.1. The van der Waals surface area contributed by atoms with Crippen LogP contribution in [0.5, 0.6) is 0 Å². The van der Waals surface area contributed by atoms with Crippen LogP contribution >= 0.6 is 11.3 Å². The minimum atomic E-state index is -0.512. The first kappa shape index (κ1) is 16.1. The summed E-state index contributed by atoms with van der Waals surface area (Å²) in [6.45, 7) is 2.12. The van der Waals surface area contributed by atoms with E-state index >= 15 is 0 Å². The maximum Gasteiger partial charge on any atom is 0.0897 e. The number of rotatable bonds is 9. The van der Waals surface area contributed by atoms with Crippen LogP contribution < -0.4 is 5.32 Å². The fourth-order valence-corrected chi connectivity index (χ4v) is 2.54. The molecule has 1 unspecified atom stereocenters. The fourth-order valence-electron chi connectivity index (χ4n) is 1.89. The summed E-state index contributed by atoms with van der Waals surface area (Å²) in [6, 6.07) is 11.8. The molecule has 1 atom stereocenters. The van der Waals surface area contributed by atoms with E-state index in [1.165, 1.54) is 4.88 Å². The number of aliphatic hydroxyl groups is 2. The summed E-state index contributed by atoms with van der Waals surface area (Å²) in [5.41, 5.74) is 2.03. The molecule has 21 heavy (non-hydrogen) atoms. The molecule has 0 fully saturated rings. The highest BCUT2D eigenvalue weighted by Gasteiger charge is 2.04. The predicted molar refractivity (Wildman–Crippen MR) is 84.1 cm³/mol. The minimum Gasteiger partial charge on any atom is -0.392 e. The monoisotopic (exact) mass is 307 g/mol. The minimum absolute atomic E-state index is 0.0635. The molecular formula is C16H21NO3S. The molecular weight excluding hydrogens is 286 g/mol. The zero-order valence-electron chi connectivity index (χ0n) is 11.9. The van der Waals surface area contributed by atoms with Crippen LogP contribution in [0.1, 0.15) is 16.0 Å². The Morgan fingerprint density at radius 1 is 1.14 bits per heavy atom. The van der Waals surface area contributed by atoms with Gasteiger partial charge in [-0.3, -0.25) is 0 Å². The number of benzene rings is 1. The van der Waals surface area contributed by atoms with Crippen molar-refractivity contribution in [2.24, 2.45) is 0 Å². The predicted octanol–water partition coefficient (Wildman–Crippen LogP) is 1.91. The van der Waals surface area contributed by atoms with Crippen LogP contribution in [0.15, 0.2) is 41.8 Å². The molecule has 0 amide bonds. The first-order valence-corrected chi connectivity index (χ1v) is 7.83. The van der Waals surface area contributed by atoms with Crippen molar-refractivity contribution >= 4 is 11.3 Å². The SMILES string of the molecule is OCc1ccc(CNCC(O)COCc2cccs2)cc1. The van der Waals surface area contributed by atoms with E-state index in [2.05, 4.69) is 5.32 Å². The Morgan fingerprint density at radius 3 is 2.57 bits per heavy atom. The molecule has 0 radical (unpaired) electrons. The maximum atomic E-state index is 9.82. The van der Waals surface area contributed by atoms with Crippen molar-refractivity contribution in [3.05, 3.63) is 57.8 Å². The van der Waals surface area contributed by atoms with E-state index in [4.69, 9.17) is 9.84 Å². The second-order valence-electron chi connectivity index (χ2n) is 4.85. The van der Waals surface area contributed by atoms with Crippen LogP contribution in [0.25, 0.3) is 0 Å². The third-order valence-electron chi connectivity index (χ3n) is 3.05. The molecule has 1 aromatic heterocycles. The Balaban J connectivity index is 1.58. The van der Waals surface area contributed by atoms with Gasteiger partial charge in [0.1, 0.15) is 0 Å². The third-order valence-corrected chi connectivity index (χ3v) is 3.90. The van der Waals surface area contributed by atoms with Gasteiger partial charge in [-0.25, -0.2) is 0 Å². The molecule has 1 aromatic carbocycles. The van der Waals surface area contributed by atoms with Crippen LogP contribution in [0.3, 0.4) is 0 Å². The zero-order chi connectivity index (χ0) is 14.9. The first-order chi connectivity index (χ1) is 10.3. The normalized spacial score (nSPS) is 12.5. The Bertz CT molecular complexity index is 499. The van der Waals surface area contributed by atoms with Crippen molar-refractivity contribution in [2.75, 3.05) is 13.2 Å². The van der Waals surface area contributed by atoms with Gasteiger partial charge in [0, 0.05) is 18.0 Å². The summed E-state index contributed by atoms with van der Waals surface area (Å²) < 4.78 is 5.47. The quantitative estimate of drug-likeness (QED) is 0.662. The summed E-state index contributed by atoms with van der Waals surface area (Å²) in [6.07, 6.45) is -0.512. The Labute approximate surface area is 129 Å². The fraction of sp³-hybridized carbons (Fsp3) is 0.375. The number of hydrogen-bond donors (Lipinski definition) is 3. The second kappa shape index (κ2) is 8.92. The van der Waals surface area contributed by atoms with E-state index in [0.29, 0.717) is 26.3 Å². The van der Waals surface area contributed by atoms with E-state index in [0.717, 1.165) is 11.1 Å². The van der Waals surface area contributed by atoms with Gasteiger partial charge in [-0.15, -0.1) is 11.3 Å². The Hall–Kier alpha value is -1.24. The molecule has 3 N–H and O–H groups in total. The van der Waals surface area contributed by atoms with E-state index in [9.17, 15) is 5.11 Å². The molecule has 0 saturated carbocycles. The Kier molecular flexibility index (Phi) is 6.85. The second-order valence-corrected chi connectivity index (χ2v) is 5.89. The van der Waals surface area contributed by atoms with Crippen molar-refractivity contribution in [1.82, 2.24) is 5.32 Å². The van der Waals surface area contributed by atoms with E-state index in [-0.39, 0.29) is 6.61 Å². The lowest BCUT2D eigenvalue weighted by Gasteiger charge is -2.12. The van der Waals surface area contributed by atoms with Gasteiger partial charge in [0.2, 0.25) is 0 Å². The maximum absolute atomic E-state index is 9.82. The number of ether oxygens (including phenoxy) is 1. The van der Waals surface area contributed by atoms with Crippen molar-refractivity contribution in [3.63, 3.8) is 0 Å². The molecule has 0 aliphatic heterocycles. The molecule has 0 aliphatic carbocycles. The van der Waals surface area contributed by atoms with Gasteiger partial charge >= 0.3 is 0 Å². The summed E-state index contributed by atoms with van der Waals surface area (Å²) in [5, 5.41) is 24.0. The molecule has 5 heteroatoms. The largest absolute Gasteiger partial charge is 0.392 e. The molecule has 0 spiro atoms. The molecule has 0 bridgehead atoms. The van der Waals surface area contributed by atoms with E-state index in [1.807, 2.05) is 41.8 Å². The molecule has 4 nitrogen and oxygen atoms in total. The average molecular weight is 307 g/mol. The van der Waals surface area contributed by atoms with Crippen LogP contribution in [-0.4, -0.2) is 29.5 Å². The highest BCUT2D eigenvalue weighted by molar-refractivity contribution is 7.09. The van der Waals surface area contributed by atoms with Crippen LogP contribution in [0.4, 0.5) is 0 Å². The number of hydrogen-bond acceptors (Lipinski definition) is 5. The molecule has 0 aliphatic rings. The number of nitrogens with one attached hydrogen (secondary N) is 1. The van der Waals surface area contributed by atoms with Crippen molar-refractivity contribution in [3.8, 4) is 0 Å². The van der Waals surface area contributed by atoms with Gasteiger partial charge in [0.15, 0.2) is 0 Å². The van der Waals surface area contributed by atoms with Crippen molar-refractivity contribution in [2.45, 2.75) is 25.9 Å². The van der Waals surface area contributed by atoms with Gasteiger partial charge in [-0.2, -0.15) is 0 Å². The lowest BCUT2D eigenvalue weighted by Crippen LogP contribution is -2.30. The topological polar surface area (TPSA) is 61.7 Å². The summed E-state index contributed by atoms with van der Waals surface area (Å²) in [4.78, 5) is 1.17. The molecule has 114 valence electrons.